The molecule has 1 rings (SSSR count). The second-order valence-corrected chi connectivity index (χ2v) is 11.9. The average Bonchev–Trinajstić information content (AvgIpc) is 2.45. The molecule has 6 heteroatoms. The van der Waals surface area contributed by atoms with E-state index in [1.54, 1.807) is 18.2 Å². The van der Waals surface area contributed by atoms with Gasteiger partial charge in [0.05, 0.1) is 11.6 Å². The minimum absolute atomic E-state index is 0.186. The summed E-state index contributed by atoms with van der Waals surface area (Å²) in [6, 6.07) is 6.88. The standard InChI is InChI=1S/C18H26N2O3Si/c1-18(2,3)24(4,5)22-11-7-6-8-14-12-16(23-17(20)21)10-9-15(14)13-19/h6,8-10,12H,7,11H2,1-5H3,(H2,20,21)/b8-6+. The quantitative estimate of drug-likeness (QED) is 0.609. The Labute approximate surface area is 145 Å². The molecule has 2 N–H and O–H groups in total. The summed E-state index contributed by atoms with van der Waals surface area (Å²) in [6.45, 7) is 11.7. The third kappa shape index (κ3) is 5.83. The summed E-state index contributed by atoms with van der Waals surface area (Å²) in [5.41, 5.74) is 6.20. The molecule has 1 aromatic carbocycles. The number of rotatable bonds is 6. The van der Waals surface area contributed by atoms with Gasteiger partial charge in [-0.05, 0) is 48.3 Å². The number of carbonyl (C=O) groups excluding carboxylic acids is 1. The lowest BCUT2D eigenvalue weighted by Gasteiger charge is -2.36. The SMILES string of the molecule is CC(C)(C)[Si](C)(C)OCC/C=C/c1cc(OC(N)=O)ccc1C#N. The van der Waals surface area contributed by atoms with Gasteiger partial charge in [-0.15, -0.1) is 0 Å². The molecule has 0 saturated carbocycles. The van der Waals surface area contributed by atoms with Crippen molar-refractivity contribution in [3.8, 4) is 11.8 Å². The summed E-state index contributed by atoms with van der Waals surface area (Å²) in [6.07, 6.45) is 3.66. The number of hydrogen-bond donors (Lipinski definition) is 1. The van der Waals surface area contributed by atoms with Gasteiger partial charge in [0.15, 0.2) is 8.32 Å². The van der Waals surface area contributed by atoms with Crippen molar-refractivity contribution in [2.45, 2.75) is 45.3 Å². The first-order valence-electron chi connectivity index (χ1n) is 7.89. The summed E-state index contributed by atoms with van der Waals surface area (Å²) in [7, 11) is -1.74. The smallest absolute Gasteiger partial charge is 0.409 e. The van der Waals surface area contributed by atoms with Gasteiger partial charge in [0.2, 0.25) is 0 Å². The maximum absolute atomic E-state index is 10.8. The highest BCUT2D eigenvalue weighted by molar-refractivity contribution is 6.74. The fraction of sp³-hybridized carbons (Fsp3) is 0.444. The second-order valence-electron chi connectivity index (χ2n) is 7.08. The van der Waals surface area contributed by atoms with Crippen LogP contribution in [0.25, 0.3) is 6.08 Å². The highest BCUT2D eigenvalue weighted by atomic mass is 28.4. The Morgan fingerprint density at radius 3 is 2.58 bits per heavy atom. The van der Waals surface area contributed by atoms with Crippen LogP contribution in [0.15, 0.2) is 24.3 Å². The fourth-order valence-electron chi connectivity index (χ4n) is 1.77. The number of carbonyl (C=O) groups is 1. The van der Waals surface area contributed by atoms with Crippen molar-refractivity contribution in [2.24, 2.45) is 5.73 Å². The predicted molar refractivity (Wildman–Crippen MR) is 98.2 cm³/mol. The monoisotopic (exact) mass is 346 g/mol. The first-order chi connectivity index (χ1) is 11.1. The molecule has 0 fully saturated rings. The third-order valence-corrected chi connectivity index (χ3v) is 8.75. The van der Waals surface area contributed by atoms with Crippen LogP contribution in [0.3, 0.4) is 0 Å². The van der Waals surface area contributed by atoms with Gasteiger partial charge >= 0.3 is 6.09 Å². The number of nitrogens with zero attached hydrogens (tertiary/aromatic N) is 1. The number of nitrogens with two attached hydrogens (primary N) is 1. The van der Waals surface area contributed by atoms with E-state index in [9.17, 15) is 4.79 Å². The van der Waals surface area contributed by atoms with Gasteiger partial charge < -0.3 is 14.9 Å². The average molecular weight is 347 g/mol. The number of nitriles is 1. The van der Waals surface area contributed by atoms with Gasteiger partial charge in [-0.3, -0.25) is 0 Å². The number of hydrogen-bond acceptors (Lipinski definition) is 4. The molecule has 0 aliphatic rings. The molecular weight excluding hydrogens is 320 g/mol. The Bertz CT molecular complexity index is 655. The first-order valence-corrected chi connectivity index (χ1v) is 10.8. The lowest BCUT2D eigenvalue weighted by Crippen LogP contribution is -2.40. The Kier molecular flexibility index (Phi) is 6.76. The van der Waals surface area contributed by atoms with E-state index in [-0.39, 0.29) is 5.04 Å². The van der Waals surface area contributed by atoms with Crippen molar-refractivity contribution in [3.63, 3.8) is 0 Å². The lowest BCUT2D eigenvalue weighted by molar-refractivity contribution is 0.211. The van der Waals surface area contributed by atoms with Crippen molar-refractivity contribution in [2.75, 3.05) is 6.61 Å². The van der Waals surface area contributed by atoms with E-state index >= 15 is 0 Å². The fourth-order valence-corrected chi connectivity index (χ4v) is 2.83. The van der Waals surface area contributed by atoms with Crippen molar-refractivity contribution in [1.29, 1.82) is 5.26 Å². The van der Waals surface area contributed by atoms with E-state index in [2.05, 4.69) is 39.9 Å². The molecule has 130 valence electrons. The Morgan fingerprint density at radius 2 is 2.04 bits per heavy atom. The molecule has 0 radical (unpaired) electrons. The van der Waals surface area contributed by atoms with Crippen LogP contribution in [-0.4, -0.2) is 21.0 Å². The zero-order chi connectivity index (χ0) is 18.4. The summed E-state index contributed by atoms with van der Waals surface area (Å²) < 4.78 is 10.9. The molecule has 0 saturated heterocycles. The van der Waals surface area contributed by atoms with Gasteiger partial charge in [0.25, 0.3) is 0 Å². The van der Waals surface area contributed by atoms with E-state index < -0.39 is 14.4 Å². The van der Waals surface area contributed by atoms with Crippen LogP contribution < -0.4 is 10.5 Å². The summed E-state index contributed by atoms with van der Waals surface area (Å²) in [4.78, 5) is 10.8. The number of amides is 1. The molecule has 0 bridgehead atoms. The molecule has 24 heavy (non-hydrogen) atoms. The molecule has 0 spiro atoms. The zero-order valence-corrected chi connectivity index (χ0v) is 16.1. The Hall–Kier alpha value is -2.10. The molecule has 1 aromatic rings. The van der Waals surface area contributed by atoms with Crippen LogP contribution in [0.4, 0.5) is 4.79 Å². The first kappa shape index (κ1) is 19.9. The number of benzene rings is 1. The minimum Gasteiger partial charge on any atom is -0.417 e. The zero-order valence-electron chi connectivity index (χ0n) is 15.1. The molecular formula is C18H26N2O3Si. The highest BCUT2D eigenvalue weighted by Gasteiger charge is 2.36. The number of primary amides is 1. The van der Waals surface area contributed by atoms with Crippen molar-refractivity contribution >= 4 is 20.5 Å². The summed E-state index contributed by atoms with van der Waals surface area (Å²) in [5, 5.41) is 9.34. The molecule has 0 aliphatic heterocycles. The topological polar surface area (TPSA) is 85.3 Å². The number of ether oxygens (including phenoxy) is 1. The minimum atomic E-state index is -1.74. The van der Waals surface area contributed by atoms with Gasteiger partial charge in [0.1, 0.15) is 5.75 Å². The van der Waals surface area contributed by atoms with Crippen molar-refractivity contribution in [1.82, 2.24) is 0 Å². The summed E-state index contributed by atoms with van der Waals surface area (Å²) in [5.74, 6) is 0.318. The predicted octanol–water partition coefficient (Wildman–Crippen LogP) is 4.44. The van der Waals surface area contributed by atoms with Gasteiger partial charge in [-0.2, -0.15) is 5.26 Å². The van der Waals surface area contributed by atoms with Gasteiger partial charge in [-0.25, -0.2) is 4.79 Å². The van der Waals surface area contributed by atoms with E-state index in [1.165, 1.54) is 0 Å². The van der Waals surface area contributed by atoms with E-state index in [0.29, 0.717) is 23.5 Å². The largest absolute Gasteiger partial charge is 0.417 e. The maximum atomic E-state index is 10.8. The maximum Gasteiger partial charge on any atom is 0.409 e. The van der Waals surface area contributed by atoms with Gasteiger partial charge in [0, 0.05) is 6.61 Å². The Balaban J connectivity index is 2.70. The van der Waals surface area contributed by atoms with Gasteiger partial charge in [-0.1, -0.05) is 32.9 Å². The van der Waals surface area contributed by atoms with Crippen LogP contribution in [0.2, 0.25) is 18.1 Å². The molecule has 0 aromatic heterocycles. The summed E-state index contributed by atoms with van der Waals surface area (Å²) >= 11 is 0. The van der Waals surface area contributed by atoms with Crippen molar-refractivity contribution in [3.05, 3.63) is 35.4 Å². The third-order valence-electron chi connectivity index (χ3n) is 4.21. The Morgan fingerprint density at radius 1 is 1.38 bits per heavy atom. The van der Waals surface area contributed by atoms with Crippen LogP contribution >= 0.6 is 0 Å². The highest BCUT2D eigenvalue weighted by Crippen LogP contribution is 2.36. The van der Waals surface area contributed by atoms with E-state index in [1.807, 2.05) is 12.2 Å². The normalized spacial score (nSPS) is 12.2. The molecule has 1 amide bonds. The molecule has 0 unspecified atom stereocenters. The lowest BCUT2D eigenvalue weighted by atomic mass is 10.1. The van der Waals surface area contributed by atoms with Crippen LogP contribution in [0, 0.1) is 11.3 Å². The van der Waals surface area contributed by atoms with Crippen molar-refractivity contribution < 1.29 is 14.0 Å². The molecule has 5 nitrogen and oxygen atoms in total. The molecule has 0 heterocycles. The van der Waals surface area contributed by atoms with Crippen LogP contribution in [0.5, 0.6) is 5.75 Å². The molecule has 0 aliphatic carbocycles. The van der Waals surface area contributed by atoms with Crippen LogP contribution in [-0.2, 0) is 4.43 Å². The van der Waals surface area contributed by atoms with E-state index in [0.717, 1.165) is 6.42 Å². The van der Waals surface area contributed by atoms with E-state index in [4.69, 9.17) is 20.2 Å². The molecule has 0 atom stereocenters. The second kappa shape index (κ2) is 8.13. The van der Waals surface area contributed by atoms with Crippen LogP contribution in [0.1, 0.15) is 38.3 Å².